The monoisotopic (exact) mass is 445 g/mol. The zero-order chi connectivity index (χ0) is 22.2. The first-order chi connectivity index (χ1) is 14.8. The summed E-state index contributed by atoms with van der Waals surface area (Å²) in [7, 11) is -3.88. The van der Waals surface area contributed by atoms with Gasteiger partial charge in [-0.15, -0.1) is 4.40 Å². The highest BCUT2D eigenvalue weighted by molar-refractivity contribution is 8.00. The Labute approximate surface area is 180 Å². The molecule has 0 atom stereocenters. The molecule has 2 aliphatic rings. The molecule has 1 saturated heterocycles. The number of rotatable bonds is 3. The Bertz CT molecular complexity index is 1170. The van der Waals surface area contributed by atoms with Crippen LogP contribution in [0.4, 0.5) is 4.39 Å². The van der Waals surface area contributed by atoms with Gasteiger partial charge in [0, 0.05) is 44.5 Å². The SMILES string of the molecule is CCn1nccc1C(=O)N1CCCN(C2=NS(=O)(=O)C(c3ccc(F)cc3)=C2C)CC1. The van der Waals surface area contributed by atoms with Gasteiger partial charge in [0.15, 0.2) is 0 Å². The van der Waals surface area contributed by atoms with Crippen molar-refractivity contribution >= 4 is 26.7 Å². The lowest BCUT2D eigenvalue weighted by Crippen LogP contribution is -2.38. The van der Waals surface area contributed by atoms with Crippen LogP contribution in [0.1, 0.15) is 36.3 Å². The van der Waals surface area contributed by atoms with Crippen LogP contribution in [0, 0.1) is 5.82 Å². The first-order valence-electron chi connectivity index (χ1n) is 10.2. The number of amidine groups is 1. The van der Waals surface area contributed by atoms with Crippen LogP contribution in [-0.4, -0.2) is 65.9 Å². The van der Waals surface area contributed by atoms with Crippen LogP contribution in [0.15, 0.2) is 46.5 Å². The van der Waals surface area contributed by atoms with Crippen LogP contribution in [0.2, 0.25) is 0 Å². The second kappa shape index (κ2) is 8.26. The molecule has 8 nitrogen and oxygen atoms in total. The van der Waals surface area contributed by atoms with E-state index in [1.54, 1.807) is 28.8 Å². The number of sulfonamides is 1. The summed E-state index contributed by atoms with van der Waals surface area (Å²) in [5.41, 5.74) is 1.50. The third-order valence-corrected chi connectivity index (χ3v) is 7.04. The van der Waals surface area contributed by atoms with Crippen molar-refractivity contribution in [3.8, 4) is 0 Å². The fourth-order valence-electron chi connectivity index (χ4n) is 4.05. The summed E-state index contributed by atoms with van der Waals surface area (Å²) < 4.78 is 44.5. The van der Waals surface area contributed by atoms with Crippen molar-refractivity contribution in [2.75, 3.05) is 26.2 Å². The van der Waals surface area contributed by atoms with Gasteiger partial charge in [0.2, 0.25) is 0 Å². The summed E-state index contributed by atoms with van der Waals surface area (Å²) in [6.45, 7) is 6.33. The molecule has 0 bridgehead atoms. The Morgan fingerprint density at radius 1 is 1.10 bits per heavy atom. The van der Waals surface area contributed by atoms with E-state index in [1.807, 2.05) is 11.8 Å². The molecule has 0 aliphatic carbocycles. The van der Waals surface area contributed by atoms with Crippen LogP contribution in [0.5, 0.6) is 0 Å². The molecule has 1 aromatic heterocycles. The summed E-state index contributed by atoms with van der Waals surface area (Å²) in [6.07, 6.45) is 2.30. The highest BCUT2D eigenvalue weighted by Crippen LogP contribution is 2.34. The van der Waals surface area contributed by atoms with Gasteiger partial charge in [0.25, 0.3) is 15.9 Å². The minimum absolute atomic E-state index is 0.0820. The van der Waals surface area contributed by atoms with Gasteiger partial charge in [-0.2, -0.15) is 13.5 Å². The molecular formula is C21H24FN5O3S. The maximum atomic E-state index is 13.3. The fraction of sp³-hybridized carbons (Fsp3) is 0.381. The lowest BCUT2D eigenvalue weighted by molar-refractivity contribution is 0.0751. The highest BCUT2D eigenvalue weighted by Gasteiger charge is 2.34. The molecule has 2 aromatic rings. The second-order valence-electron chi connectivity index (χ2n) is 7.52. The van der Waals surface area contributed by atoms with Gasteiger partial charge in [0.05, 0.1) is 0 Å². The number of hydrogen-bond donors (Lipinski definition) is 0. The van der Waals surface area contributed by atoms with Crippen molar-refractivity contribution in [3.05, 3.63) is 59.2 Å². The Morgan fingerprint density at radius 2 is 1.84 bits per heavy atom. The topological polar surface area (TPSA) is 87.9 Å². The third-order valence-electron chi connectivity index (χ3n) is 5.56. The van der Waals surface area contributed by atoms with Crippen LogP contribution >= 0.6 is 0 Å². The molecule has 10 heteroatoms. The normalized spacial score (nSPS) is 18.9. The average molecular weight is 446 g/mol. The molecule has 2 aliphatic heterocycles. The van der Waals surface area contributed by atoms with Gasteiger partial charge >= 0.3 is 0 Å². The van der Waals surface area contributed by atoms with Crippen molar-refractivity contribution < 1.29 is 17.6 Å². The van der Waals surface area contributed by atoms with Crippen molar-refractivity contribution in [2.24, 2.45) is 4.40 Å². The van der Waals surface area contributed by atoms with Crippen LogP contribution in [0.3, 0.4) is 0 Å². The standard InChI is InChI=1S/C21H24FN5O3S/c1-3-27-18(9-10-23-27)21(28)26-12-4-11-25(13-14-26)20-15(2)19(31(29,30)24-20)16-5-7-17(22)8-6-16/h5-10H,3-4,11-14H2,1-2H3. The number of hydrogen-bond acceptors (Lipinski definition) is 5. The number of amides is 1. The molecule has 1 amide bonds. The van der Waals surface area contributed by atoms with E-state index >= 15 is 0 Å². The molecule has 0 radical (unpaired) electrons. The smallest absolute Gasteiger partial charge is 0.285 e. The van der Waals surface area contributed by atoms with Gasteiger partial charge in [-0.05, 0) is 44.0 Å². The molecule has 1 aromatic carbocycles. The predicted octanol–water partition coefficient (Wildman–Crippen LogP) is 2.36. The van der Waals surface area contributed by atoms with E-state index in [4.69, 9.17) is 0 Å². The lowest BCUT2D eigenvalue weighted by atomic mass is 10.1. The summed E-state index contributed by atoms with van der Waals surface area (Å²) in [5, 5.41) is 4.16. The van der Waals surface area contributed by atoms with E-state index in [1.165, 1.54) is 24.3 Å². The number of carbonyl (C=O) groups is 1. The average Bonchev–Trinajstić information content (AvgIpc) is 3.21. The molecule has 164 valence electrons. The quantitative estimate of drug-likeness (QED) is 0.724. The van der Waals surface area contributed by atoms with Crippen molar-refractivity contribution in [2.45, 2.75) is 26.8 Å². The number of aryl methyl sites for hydroxylation is 1. The van der Waals surface area contributed by atoms with Gasteiger partial charge in [-0.3, -0.25) is 9.48 Å². The first kappa shape index (κ1) is 21.2. The zero-order valence-electron chi connectivity index (χ0n) is 17.5. The summed E-state index contributed by atoms with van der Waals surface area (Å²) in [6, 6.07) is 7.08. The third kappa shape index (κ3) is 3.99. The Balaban J connectivity index is 1.55. The van der Waals surface area contributed by atoms with E-state index in [0.29, 0.717) is 61.8 Å². The minimum Gasteiger partial charge on any atom is -0.354 e. The maximum absolute atomic E-state index is 13.3. The summed E-state index contributed by atoms with van der Waals surface area (Å²) in [4.78, 5) is 16.7. The predicted molar refractivity (Wildman–Crippen MR) is 115 cm³/mol. The molecule has 0 saturated carbocycles. The maximum Gasteiger partial charge on any atom is 0.285 e. The van der Waals surface area contributed by atoms with Crippen LogP contribution in [-0.2, 0) is 16.6 Å². The van der Waals surface area contributed by atoms with Crippen molar-refractivity contribution in [1.29, 1.82) is 0 Å². The molecule has 3 heterocycles. The summed E-state index contributed by atoms with van der Waals surface area (Å²) in [5.74, 6) is -0.117. The molecule has 1 fully saturated rings. The molecule has 0 unspecified atom stereocenters. The van der Waals surface area contributed by atoms with Gasteiger partial charge in [0.1, 0.15) is 22.3 Å². The number of aromatic nitrogens is 2. The molecule has 0 spiro atoms. The molecular weight excluding hydrogens is 421 g/mol. The molecule has 4 rings (SSSR count). The Morgan fingerprint density at radius 3 is 2.55 bits per heavy atom. The van der Waals surface area contributed by atoms with Crippen LogP contribution in [0.25, 0.3) is 4.91 Å². The zero-order valence-corrected chi connectivity index (χ0v) is 18.3. The number of nitrogens with zero attached hydrogens (tertiary/aromatic N) is 5. The highest BCUT2D eigenvalue weighted by atomic mass is 32.2. The van der Waals surface area contributed by atoms with Gasteiger partial charge < -0.3 is 9.80 Å². The second-order valence-corrected chi connectivity index (χ2v) is 9.06. The fourth-order valence-corrected chi connectivity index (χ4v) is 5.53. The minimum atomic E-state index is -3.88. The number of benzene rings is 1. The van der Waals surface area contributed by atoms with Crippen molar-refractivity contribution in [3.63, 3.8) is 0 Å². The number of halogens is 1. The lowest BCUT2D eigenvalue weighted by Gasteiger charge is -2.24. The van der Waals surface area contributed by atoms with E-state index in [2.05, 4.69) is 9.50 Å². The molecule has 31 heavy (non-hydrogen) atoms. The van der Waals surface area contributed by atoms with E-state index in [-0.39, 0.29) is 10.8 Å². The van der Waals surface area contributed by atoms with Crippen molar-refractivity contribution in [1.82, 2.24) is 19.6 Å². The Hall–Kier alpha value is -3.01. The summed E-state index contributed by atoms with van der Waals surface area (Å²) >= 11 is 0. The van der Waals surface area contributed by atoms with Gasteiger partial charge in [-0.25, -0.2) is 4.39 Å². The molecule has 0 N–H and O–H groups in total. The largest absolute Gasteiger partial charge is 0.354 e. The number of carbonyl (C=O) groups excluding carboxylic acids is 1. The van der Waals surface area contributed by atoms with Gasteiger partial charge in [-0.1, -0.05) is 12.1 Å². The van der Waals surface area contributed by atoms with E-state index in [0.717, 1.165) is 0 Å². The Kier molecular flexibility index (Phi) is 5.65. The van der Waals surface area contributed by atoms with Crippen LogP contribution < -0.4 is 0 Å². The first-order valence-corrected chi connectivity index (χ1v) is 11.6. The van der Waals surface area contributed by atoms with E-state index < -0.39 is 15.8 Å². The van der Waals surface area contributed by atoms with E-state index in [9.17, 15) is 17.6 Å².